The first-order chi connectivity index (χ1) is 12.1. The Bertz CT molecular complexity index is 947. The van der Waals surface area contributed by atoms with Gasteiger partial charge in [-0.05, 0) is 43.2 Å². The second kappa shape index (κ2) is 6.56. The van der Waals surface area contributed by atoms with E-state index in [0.717, 1.165) is 33.2 Å². The van der Waals surface area contributed by atoms with Crippen LogP contribution in [0.4, 0.5) is 0 Å². The molecule has 3 aromatic rings. The van der Waals surface area contributed by atoms with Gasteiger partial charge in [0.2, 0.25) is 0 Å². The maximum absolute atomic E-state index is 12.6. The van der Waals surface area contributed by atoms with Crippen LogP contribution < -0.4 is 10.1 Å². The van der Waals surface area contributed by atoms with E-state index in [-0.39, 0.29) is 11.8 Å². The van der Waals surface area contributed by atoms with Crippen molar-refractivity contribution in [3.05, 3.63) is 63.8 Å². The minimum atomic E-state index is -0.177. The molecule has 0 saturated heterocycles. The van der Waals surface area contributed by atoms with E-state index in [2.05, 4.69) is 27.3 Å². The predicted molar refractivity (Wildman–Crippen MR) is 100 cm³/mol. The van der Waals surface area contributed by atoms with Crippen LogP contribution in [-0.2, 0) is 6.42 Å². The highest BCUT2D eigenvalue weighted by atomic mass is 79.9. The lowest BCUT2D eigenvalue weighted by atomic mass is 9.97. The van der Waals surface area contributed by atoms with Crippen LogP contribution >= 0.6 is 15.9 Å². The predicted octanol–water partition coefficient (Wildman–Crippen LogP) is 4.48. The van der Waals surface area contributed by atoms with Gasteiger partial charge in [0.15, 0.2) is 5.76 Å². The van der Waals surface area contributed by atoms with E-state index in [1.165, 1.54) is 5.56 Å². The molecule has 2 aromatic carbocycles. The Labute approximate surface area is 154 Å². The fourth-order valence-corrected chi connectivity index (χ4v) is 3.61. The van der Waals surface area contributed by atoms with Crippen LogP contribution in [0, 0.1) is 12.8 Å². The summed E-state index contributed by atoms with van der Waals surface area (Å²) in [5, 5.41) is 3.94. The molecule has 25 heavy (non-hydrogen) atoms. The minimum Gasteiger partial charge on any atom is -0.493 e. The van der Waals surface area contributed by atoms with Crippen molar-refractivity contribution in [3.8, 4) is 5.75 Å². The van der Waals surface area contributed by atoms with Gasteiger partial charge in [0.05, 0.1) is 6.61 Å². The van der Waals surface area contributed by atoms with E-state index in [4.69, 9.17) is 9.15 Å². The Kier molecular flexibility index (Phi) is 4.25. The molecule has 4 rings (SSSR count). The number of furan rings is 1. The van der Waals surface area contributed by atoms with Crippen LogP contribution in [0.3, 0.4) is 0 Å². The molecule has 1 aromatic heterocycles. The third-order valence-corrected chi connectivity index (χ3v) is 5.10. The zero-order chi connectivity index (χ0) is 17.4. The number of carbonyl (C=O) groups is 1. The van der Waals surface area contributed by atoms with Gasteiger partial charge in [-0.15, -0.1) is 0 Å². The van der Waals surface area contributed by atoms with E-state index in [1.807, 2.05) is 43.3 Å². The van der Waals surface area contributed by atoms with E-state index in [9.17, 15) is 4.79 Å². The number of aryl methyl sites for hydroxylation is 1. The fourth-order valence-electron chi connectivity index (χ4n) is 3.25. The molecule has 1 unspecified atom stereocenters. The lowest BCUT2D eigenvalue weighted by molar-refractivity contribution is 0.0912. The molecule has 1 aliphatic heterocycles. The number of amides is 1. The Morgan fingerprint density at radius 1 is 1.28 bits per heavy atom. The molecule has 0 radical (unpaired) electrons. The number of hydrogen-bond acceptors (Lipinski definition) is 3. The highest BCUT2D eigenvalue weighted by molar-refractivity contribution is 9.10. The number of fused-ring (bicyclic) bond motifs is 2. The molecule has 1 amide bonds. The Morgan fingerprint density at radius 3 is 3.00 bits per heavy atom. The first-order valence-electron chi connectivity index (χ1n) is 8.29. The van der Waals surface area contributed by atoms with Gasteiger partial charge in [0, 0.05) is 27.9 Å². The standard InChI is InChI=1S/C20H18BrNO3/c1-12-16-9-15(21)6-7-18(16)25-19(12)20(23)22-10-13-8-14-4-2-3-5-17(14)24-11-13/h2-7,9,13H,8,10-11H2,1H3,(H,22,23). The van der Waals surface area contributed by atoms with Gasteiger partial charge in [-0.3, -0.25) is 4.79 Å². The number of benzene rings is 2. The molecule has 128 valence electrons. The van der Waals surface area contributed by atoms with Gasteiger partial charge in [0.25, 0.3) is 5.91 Å². The maximum atomic E-state index is 12.6. The molecule has 0 saturated carbocycles. The molecule has 5 heteroatoms. The molecule has 0 fully saturated rings. The summed E-state index contributed by atoms with van der Waals surface area (Å²) in [6, 6.07) is 13.8. The molecule has 1 atom stereocenters. The van der Waals surface area contributed by atoms with E-state index in [1.54, 1.807) is 0 Å². The largest absolute Gasteiger partial charge is 0.493 e. The summed E-state index contributed by atoms with van der Waals surface area (Å²) in [6.07, 6.45) is 0.905. The second-order valence-electron chi connectivity index (χ2n) is 6.40. The number of hydrogen-bond donors (Lipinski definition) is 1. The highest BCUT2D eigenvalue weighted by Gasteiger charge is 2.22. The first kappa shape index (κ1) is 16.2. The number of rotatable bonds is 3. The molecule has 4 nitrogen and oxygen atoms in total. The van der Waals surface area contributed by atoms with E-state index in [0.29, 0.717) is 18.9 Å². The minimum absolute atomic E-state index is 0.177. The molecule has 0 spiro atoms. The molecule has 1 aliphatic rings. The average Bonchev–Trinajstić information content (AvgIpc) is 2.96. The van der Waals surface area contributed by atoms with Crippen molar-refractivity contribution in [2.75, 3.05) is 13.2 Å². The Morgan fingerprint density at radius 2 is 2.12 bits per heavy atom. The zero-order valence-electron chi connectivity index (χ0n) is 13.8. The van der Waals surface area contributed by atoms with Gasteiger partial charge < -0.3 is 14.5 Å². The third-order valence-electron chi connectivity index (χ3n) is 4.61. The number of halogens is 1. The summed E-state index contributed by atoms with van der Waals surface area (Å²) in [5.41, 5.74) is 2.78. The van der Waals surface area contributed by atoms with E-state index >= 15 is 0 Å². The number of nitrogens with one attached hydrogen (secondary N) is 1. The molecule has 0 bridgehead atoms. The van der Waals surface area contributed by atoms with Crippen LogP contribution in [-0.4, -0.2) is 19.1 Å². The monoisotopic (exact) mass is 399 g/mol. The number of carbonyl (C=O) groups excluding carboxylic acids is 1. The van der Waals surface area contributed by atoms with Crippen LogP contribution in [0.5, 0.6) is 5.75 Å². The van der Waals surface area contributed by atoms with Crippen molar-refractivity contribution in [2.24, 2.45) is 5.92 Å². The van der Waals surface area contributed by atoms with Gasteiger partial charge in [-0.1, -0.05) is 34.1 Å². The SMILES string of the molecule is Cc1c(C(=O)NCC2COc3ccccc3C2)oc2ccc(Br)cc12. The lowest BCUT2D eigenvalue weighted by Gasteiger charge is -2.25. The molecule has 1 N–H and O–H groups in total. The van der Waals surface area contributed by atoms with Gasteiger partial charge in [0.1, 0.15) is 11.3 Å². The van der Waals surface area contributed by atoms with Crippen LogP contribution in [0.2, 0.25) is 0 Å². The van der Waals surface area contributed by atoms with Crippen LogP contribution in [0.25, 0.3) is 11.0 Å². The number of ether oxygens (including phenoxy) is 1. The topological polar surface area (TPSA) is 51.5 Å². The van der Waals surface area contributed by atoms with Crippen LogP contribution in [0.15, 0.2) is 51.4 Å². The van der Waals surface area contributed by atoms with E-state index < -0.39 is 0 Å². The van der Waals surface area contributed by atoms with Crippen molar-refractivity contribution in [2.45, 2.75) is 13.3 Å². The lowest BCUT2D eigenvalue weighted by Crippen LogP contribution is -2.34. The van der Waals surface area contributed by atoms with Gasteiger partial charge >= 0.3 is 0 Å². The molecular weight excluding hydrogens is 382 g/mol. The molecular formula is C20H18BrNO3. The van der Waals surface area contributed by atoms with Crippen molar-refractivity contribution in [1.29, 1.82) is 0 Å². The fraction of sp³-hybridized carbons (Fsp3) is 0.250. The first-order valence-corrected chi connectivity index (χ1v) is 9.08. The van der Waals surface area contributed by atoms with Crippen molar-refractivity contribution in [1.82, 2.24) is 5.32 Å². The smallest absolute Gasteiger partial charge is 0.287 e. The normalized spacial score (nSPS) is 16.3. The number of para-hydroxylation sites is 1. The molecule has 2 heterocycles. The van der Waals surface area contributed by atoms with Crippen molar-refractivity contribution < 1.29 is 13.9 Å². The van der Waals surface area contributed by atoms with Crippen molar-refractivity contribution in [3.63, 3.8) is 0 Å². The highest BCUT2D eigenvalue weighted by Crippen LogP contribution is 2.29. The summed E-state index contributed by atoms with van der Waals surface area (Å²) in [5.74, 6) is 1.41. The molecule has 0 aliphatic carbocycles. The van der Waals surface area contributed by atoms with Crippen LogP contribution in [0.1, 0.15) is 21.7 Å². The zero-order valence-corrected chi connectivity index (χ0v) is 15.4. The van der Waals surface area contributed by atoms with Gasteiger partial charge in [-0.2, -0.15) is 0 Å². The average molecular weight is 400 g/mol. The Hall–Kier alpha value is -2.27. The van der Waals surface area contributed by atoms with Crippen molar-refractivity contribution >= 4 is 32.8 Å². The summed E-state index contributed by atoms with van der Waals surface area (Å²) in [6.45, 7) is 3.09. The summed E-state index contributed by atoms with van der Waals surface area (Å²) < 4.78 is 12.5. The summed E-state index contributed by atoms with van der Waals surface area (Å²) in [7, 11) is 0. The maximum Gasteiger partial charge on any atom is 0.287 e. The summed E-state index contributed by atoms with van der Waals surface area (Å²) >= 11 is 3.45. The second-order valence-corrected chi connectivity index (χ2v) is 7.31. The Balaban J connectivity index is 1.46. The van der Waals surface area contributed by atoms with Gasteiger partial charge in [-0.25, -0.2) is 0 Å². The summed E-state index contributed by atoms with van der Waals surface area (Å²) in [4.78, 5) is 12.6. The quantitative estimate of drug-likeness (QED) is 0.705. The third kappa shape index (κ3) is 3.16.